The fourth-order valence-electron chi connectivity index (χ4n) is 10.7. The minimum atomic E-state index is -0.462. The SMILES string of the molecule is COC(=O)C1(C)CCC[C@]2(C)[C@H]3C[C@H]4C(C(C)C)=C[C@]3(CC[C@@H]12)[C@H]1[C@@H]4[C@@H](OC(=O)c2ccco2)CC[C@@H]1O. The number of ether oxygens (including phenoxy) is 2. The van der Waals surface area contributed by atoms with E-state index in [4.69, 9.17) is 13.9 Å². The van der Waals surface area contributed by atoms with Crippen molar-refractivity contribution in [2.45, 2.75) is 91.3 Å². The number of esters is 2. The van der Waals surface area contributed by atoms with E-state index in [0.717, 1.165) is 38.5 Å². The lowest BCUT2D eigenvalue weighted by molar-refractivity contribution is -0.228. The van der Waals surface area contributed by atoms with Gasteiger partial charge < -0.3 is 19.0 Å². The Morgan fingerprint density at radius 2 is 1.89 bits per heavy atom. The van der Waals surface area contributed by atoms with Crippen LogP contribution in [0, 0.1) is 51.8 Å². The van der Waals surface area contributed by atoms with E-state index in [0.29, 0.717) is 24.7 Å². The van der Waals surface area contributed by atoms with Gasteiger partial charge in [-0.25, -0.2) is 4.79 Å². The number of furan rings is 1. The minimum absolute atomic E-state index is 0.000815. The predicted molar refractivity (Wildman–Crippen MR) is 142 cm³/mol. The first-order chi connectivity index (χ1) is 18.1. The predicted octanol–water partition coefficient (Wildman–Crippen LogP) is 6.19. The number of hydrogen-bond acceptors (Lipinski definition) is 6. The molecule has 10 atom stereocenters. The van der Waals surface area contributed by atoms with Gasteiger partial charge in [-0.05, 0) is 98.5 Å². The molecular formula is C32H44O6. The van der Waals surface area contributed by atoms with E-state index in [-0.39, 0.29) is 52.3 Å². The molecule has 0 amide bonds. The van der Waals surface area contributed by atoms with Crippen molar-refractivity contribution in [3.63, 3.8) is 0 Å². The molecule has 2 bridgehead atoms. The monoisotopic (exact) mass is 524 g/mol. The Hall–Kier alpha value is -2.08. The van der Waals surface area contributed by atoms with Crippen LogP contribution in [0.3, 0.4) is 0 Å². The number of methoxy groups -OCH3 is 1. The van der Waals surface area contributed by atoms with Gasteiger partial charge in [-0.1, -0.05) is 38.8 Å². The van der Waals surface area contributed by atoms with E-state index < -0.39 is 17.5 Å². The molecule has 1 aromatic heterocycles. The Morgan fingerprint density at radius 1 is 1.11 bits per heavy atom. The van der Waals surface area contributed by atoms with Gasteiger partial charge in [0.05, 0.1) is 24.9 Å². The van der Waals surface area contributed by atoms with Gasteiger partial charge in [0, 0.05) is 11.8 Å². The lowest BCUT2D eigenvalue weighted by atomic mass is 9.33. The number of fused-ring (bicyclic) bond motifs is 1. The van der Waals surface area contributed by atoms with Crippen molar-refractivity contribution in [3.8, 4) is 0 Å². The van der Waals surface area contributed by atoms with Crippen molar-refractivity contribution in [1.82, 2.24) is 0 Å². The molecule has 1 heterocycles. The zero-order valence-corrected chi connectivity index (χ0v) is 23.6. The molecule has 1 spiro atoms. The summed E-state index contributed by atoms with van der Waals surface area (Å²) in [6, 6.07) is 3.36. The summed E-state index contributed by atoms with van der Waals surface area (Å²) in [7, 11) is 1.53. The van der Waals surface area contributed by atoms with Crippen LogP contribution in [0.15, 0.2) is 34.5 Å². The number of allylic oxidation sites excluding steroid dienone is 2. The second kappa shape index (κ2) is 8.97. The van der Waals surface area contributed by atoms with E-state index in [2.05, 4.69) is 33.8 Å². The maximum atomic E-state index is 13.1. The highest BCUT2D eigenvalue weighted by atomic mass is 16.6. The molecule has 6 aliphatic carbocycles. The average molecular weight is 525 g/mol. The molecule has 0 aromatic carbocycles. The molecule has 1 unspecified atom stereocenters. The molecule has 4 saturated carbocycles. The second-order valence-corrected chi connectivity index (χ2v) is 13.8. The van der Waals surface area contributed by atoms with E-state index in [1.165, 1.54) is 18.9 Å². The van der Waals surface area contributed by atoms with Crippen LogP contribution < -0.4 is 0 Å². The van der Waals surface area contributed by atoms with E-state index in [1.807, 2.05) is 0 Å². The molecule has 7 rings (SSSR count). The van der Waals surface area contributed by atoms with Crippen LogP contribution in [0.25, 0.3) is 0 Å². The third-order valence-electron chi connectivity index (χ3n) is 12.0. The average Bonchev–Trinajstić information content (AvgIpc) is 3.44. The van der Waals surface area contributed by atoms with Gasteiger partial charge in [0.15, 0.2) is 0 Å². The first-order valence-corrected chi connectivity index (χ1v) is 14.8. The van der Waals surface area contributed by atoms with Gasteiger partial charge in [-0.3, -0.25) is 4.79 Å². The number of rotatable bonds is 4. The van der Waals surface area contributed by atoms with Gasteiger partial charge in [0.1, 0.15) is 6.10 Å². The molecule has 0 radical (unpaired) electrons. The van der Waals surface area contributed by atoms with E-state index >= 15 is 0 Å². The van der Waals surface area contributed by atoms with Gasteiger partial charge >= 0.3 is 11.9 Å². The van der Waals surface area contributed by atoms with Gasteiger partial charge in [-0.2, -0.15) is 0 Å². The highest BCUT2D eigenvalue weighted by Gasteiger charge is 2.71. The Kier molecular flexibility index (Phi) is 6.18. The lowest BCUT2D eigenvalue weighted by Crippen LogP contribution is -2.68. The number of carbonyl (C=O) groups is 2. The second-order valence-electron chi connectivity index (χ2n) is 13.8. The van der Waals surface area contributed by atoms with Crippen molar-refractivity contribution in [3.05, 3.63) is 35.8 Å². The minimum Gasteiger partial charge on any atom is -0.469 e. The van der Waals surface area contributed by atoms with Crippen LogP contribution in [-0.2, 0) is 14.3 Å². The molecular weight excluding hydrogens is 480 g/mol. The summed E-state index contributed by atoms with van der Waals surface area (Å²) in [5.74, 6) is 1.25. The summed E-state index contributed by atoms with van der Waals surface area (Å²) in [6.07, 6.45) is 10.7. The van der Waals surface area contributed by atoms with Crippen LogP contribution >= 0.6 is 0 Å². The number of hydrogen-bond donors (Lipinski definition) is 1. The fraction of sp³-hybridized carbons (Fsp3) is 0.750. The standard InChI is InChI=1S/C32H44O6/c1-18(2)20-17-32-14-11-24-30(3,12-7-13-31(24,4)29(35)36-5)25(32)16-19(20)26-22(10-9-21(33)27(26)32)38-28(34)23-8-6-15-37-23/h6,8,15,17-19,21-22,24-27,33H,7,9-14,16H2,1-5H3/t19-,21-,22-,24+,25+,26-,27+,30-,31?,32-/m0/s1. The molecule has 0 aliphatic heterocycles. The molecule has 6 aliphatic rings. The topological polar surface area (TPSA) is 86.0 Å². The summed E-state index contributed by atoms with van der Waals surface area (Å²) in [6.45, 7) is 9.13. The lowest BCUT2D eigenvalue weighted by Gasteiger charge is -2.71. The van der Waals surface area contributed by atoms with Crippen molar-refractivity contribution < 1.29 is 28.6 Å². The summed E-state index contributed by atoms with van der Waals surface area (Å²) in [5.41, 5.74) is 0.868. The van der Waals surface area contributed by atoms with Crippen LogP contribution in [0.2, 0.25) is 0 Å². The Morgan fingerprint density at radius 3 is 2.58 bits per heavy atom. The summed E-state index contributed by atoms with van der Waals surface area (Å²) in [4.78, 5) is 26.1. The first kappa shape index (κ1) is 26.2. The molecule has 38 heavy (non-hydrogen) atoms. The number of aliphatic hydroxyl groups excluding tert-OH is 1. The summed E-state index contributed by atoms with van der Waals surface area (Å²) < 4.78 is 16.9. The third kappa shape index (κ3) is 3.47. The fourth-order valence-corrected chi connectivity index (χ4v) is 10.7. The number of carbonyl (C=O) groups excluding carboxylic acids is 2. The normalized spacial score (nSPS) is 45.4. The third-order valence-corrected chi connectivity index (χ3v) is 12.0. The molecule has 6 nitrogen and oxygen atoms in total. The quantitative estimate of drug-likeness (QED) is 0.373. The van der Waals surface area contributed by atoms with E-state index in [1.54, 1.807) is 12.1 Å². The van der Waals surface area contributed by atoms with Gasteiger partial charge in [0.2, 0.25) is 5.76 Å². The van der Waals surface area contributed by atoms with Gasteiger partial charge in [0.25, 0.3) is 0 Å². The van der Waals surface area contributed by atoms with Crippen molar-refractivity contribution in [2.75, 3.05) is 7.11 Å². The highest BCUT2D eigenvalue weighted by molar-refractivity contribution is 5.86. The first-order valence-electron chi connectivity index (χ1n) is 14.8. The van der Waals surface area contributed by atoms with E-state index in [9.17, 15) is 14.7 Å². The smallest absolute Gasteiger partial charge is 0.374 e. The summed E-state index contributed by atoms with van der Waals surface area (Å²) >= 11 is 0. The summed E-state index contributed by atoms with van der Waals surface area (Å²) in [5, 5.41) is 11.7. The van der Waals surface area contributed by atoms with Crippen LogP contribution in [0.5, 0.6) is 0 Å². The Balaban J connectivity index is 1.41. The maximum Gasteiger partial charge on any atom is 0.374 e. The highest BCUT2D eigenvalue weighted by Crippen LogP contribution is 2.75. The zero-order chi connectivity index (χ0) is 27.0. The van der Waals surface area contributed by atoms with Crippen LogP contribution in [0.4, 0.5) is 0 Å². The van der Waals surface area contributed by atoms with Crippen LogP contribution in [-0.4, -0.2) is 36.4 Å². The van der Waals surface area contributed by atoms with Gasteiger partial charge in [-0.15, -0.1) is 0 Å². The molecule has 6 heteroatoms. The zero-order valence-electron chi connectivity index (χ0n) is 23.6. The number of aliphatic hydroxyl groups is 1. The Labute approximate surface area is 226 Å². The maximum absolute atomic E-state index is 13.1. The largest absolute Gasteiger partial charge is 0.469 e. The van der Waals surface area contributed by atoms with Crippen molar-refractivity contribution in [2.24, 2.45) is 51.8 Å². The molecule has 1 N–H and O–H groups in total. The molecule has 208 valence electrons. The Bertz CT molecular complexity index is 1120. The molecule has 0 saturated heterocycles. The van der Waals surface area contributed by atoms with Crippen molar-refractivity contribution in [1.29, 1.82) is 0 Å². The molecule has 1 aromatic rings. The van der Waals surface area contributed by atoms with Crippen LogP contribution in [0.1, 0.15) is 89.6 Å². The molecule has 4 fully saturated rings. The van der Waals surface area contributed by atoms with Crippen molar-refractivity contribution >= 4 is 11.9 Å².